The minimum atomic E-state index is 0.0127. The van der Waals surface area contributed by atoms with E-state index in [0.29, 0.717) is 0 Å². The Morgan fingerprint density at radius 2 is 2.71 bits per heavy atom. The van der Waals surface area contributed by atoms with Gasteiger partial charge in [0.15, 0.2) is 12.0 Å². The molecule has 0 amide bonds. The topological polar surface area (TPSA) is 53.9 Å². The molecule has 0 radical (unpaired) electrons. The second kappa shape index (κ2) is 1.51. The molecule has 0 unspecified atom stereocenters. The first-order chi connectivity index (χ1) is 3.39. The van der Waals surface area contributed by atoms with E-state index in [9.17, 15) is 0 Å². The van der Waals surface area contributed by atoms with Crippen molar-refractivity contribution >= 4 is 6.21 Å². The lowest BCUT2D eigenvalue weighted by molar-refractivity contribution is 0.124. The average molecular weight is 100 g/mol. The standard InChI is InChI=1S/C3H4N2O2/c6-3-1-4-5-7-2-3/h1-2,5-6H. The molecule has 0 aromatic carbocycles. The molecule has 0 saturated heterocycles. The molecule has 0 aliphatic carbocycles. The van der Waals surface area contributed by atoms with Crippen molar-refractivity contribution in [3.63, 3.8) is 0 Å². The summed E-state index contributed by atoms with van der Waals surface area (Å²) < 4.78 is 0. The normalized spacial score (nSPS) is 16.9. The van der Waals surface area contributed by atoms with Gasteiger partial charge in [-0.2, -0.15) is 0 Å². The molecule has 1 aliphatic rings. The lowest BCUT2D eigenvalue weighted by Gasteiger charge is -2.00. The Morgan fingerprint density at radius 3 is 3.00 bits per heavy atom. The van der Waals surface area contributed by atoms with Crippen molar-refractivity contribution in [1.29, 1.82) is 0 Å². The second-order valence-corrected chi connectivity index (χ2v) is 1.01. The summed E-state index contributed by atoms with van der Waals surface area (Å²) in [5, 5.41) is 11.8. The SMILES string of the molecule is OC1=CONN=C1. The van der Waals surface area contributed by atoms with E-state index in [0.717, 1.165) is 6.26 Å². The quantitative estimate of drug-likeness (QED) is 0.447. The van der Waals surface area contributed by atoms with Crippen LogP contribution in [0.2, 0.25) is 0 Å². The van der Waals surface area contributed by atoms with Gasteiger partial charge in [0.25, 0.3) is 0 Å². The van der Waals surface area contributed by atoms with Crippen LogP contribution in [0, 0.1) is 0 Å². The Hall–Kier alpha value is -1.19. The third kappa shape index (κ3) is 0.819. The van der Waals surface area contributed by atoms with E-state index < -0.39 is 0 Å². The minimum absolute atomic E-state index is 0.0127. The van der Waals surface area contributed by atoms with Gasteiger partial charge in [0.1, 0.15) is 0 Å². The predicted molar refractivity (Wildman–Crippen MR) is 23.4 cm³/mol. The van der Waals surface area contributed by atoms with Gasteiger partial charge in [-0.3, -0.25) is 0 Å². The highest BCUT2D eigenvalue weighted by atomic mass is 16.7. The van der Waals surface area contributed by atoms with Gasteiger partial charge in [0.05, 0.1) is 6.21 Å². The van der Waals surface area contributed by atoms with Gasteiger partial charge in [-0.05, 0) is 0 Å². The van der Waals surface area contributed by atoms with Crippen molar-refractivity contribution in [3.8, 4) is 0 Å². The molecule has 2 N–H and O–H groups in total. The Morgan fingerprint density at radius 1 is 1.86 bits per heavy atom. The van der Waals surface area contributed by atoms with Crippen molar-refractivity contribution < 1.29 is 9.94 Å². The molecule has 1 rings (SSSR count). The molecule has 4 nitrogen and oxygen atoms in total. The van der Waals surface area contributed by atoms with Crippen LogP contribution in [-0.4, -0.2) is 11.3 Å². The van der Waals surface area contributed by atoms with Gasteiger partial charge in [-0.1, -0.05) is 0 Å². The van der Waals surface area contributed by atoms with E-state index in [1.54, 1.807) is 0 Å². The zero-order valence-corrected chi connectivity index (χ0v) is 3.46. The van der Waals surface area contributed by atoms with Crippen molar-refractivity contribution in [2.45, 2.75) is 0 Å². The third-order valence-corrected chi connectivity index (χ3v) is 0.482. The van der Waals surface area contributed by atoms with Gasteiger partial charge in [0.2, 0.25) is 0 Å². The van der Waals surface area contributed by atoms with Gasteiger partial charge in [0, 0.05) is 0 Å². The average Bonchev–Trinajstić information content (AvgIpc) is 1.69. The summed E-state index contributed by atoms with van der Waals surface area (Å²) in [5.41, 5.74) is 2.15. The Bertz CT molecular complexity index is 118. The molecule has 7 heavy (non-hydrogen) atoms. The number of aliphatic hydroxyl groups is 1. The van der Waals surface area contributed by atoms with Crippen molar-refractivity contribution in [1.82, 2.24) is 5.59 Å². The summed E-state index contributed by atoms with van der Waals surface area (Å²) in [6.45, 7) is 0. The van der Waals surface area contributed by atoms with Crippen LogP contribution in [0.5, 0.6) is 0 Å². The number of aliphatic hydroxyl groups excluding tert-OH is 1. The lowest BCUT2D eigenvalue weighted by atomic mass is 10.6. The number of hydrogen-bond acceptors (Lipinski definition) is 4. The fraction of sp³-hybridized carbons (Fsp3) is 0. The number of hydrogen-bond donors (Lipinski definition) is 2. The molecule has 38 valence electrons. The number of hydrazone groups is 1. The first kappa shape index (κ1) is 3.98. The molecule has 0 atom stereocenters. The van der Waals surface area contributed by atoms with Crippen molar-refractivity contribution in [2.24, 2.45) is 5.10 Å². The van der Waals surface area contributed by atoms with E-state index >= 15 is 0 Å². The van der Waals surface area contributed by atoms with Crippen molar-refractivity contribution in [2.75, 3.05) is 0 Å². The van der Waals surface area contributed by atoms with Gasteiger partial charge < -0.3 is 9.94 Å². The molecular formula is C3H4N2O2. The van der Waals surface area contributed by atoms with Crippen LogP contribution in [0.1, 0.15) is 0 Å². The molecular weight excluding hydrogens is 96.0 g/mol. The molecule has 1 heterocycles. The number of nitrogens with zero attached hydrogens (tertiary/aromatic N) is 1. The molecule has 1 aliphatic heterocycles. The van der Waals surface area contributed by atoms with Gasteiger partial charge in [-0.25, -0.2) is 0 Å². The highest BCUT2D eigenvalue weighted by molar-refractivity contribution is 5.74. The van der Waals surface area contributed by atoms with E-state index in [-0.39, 0.29) is 5.76 Å². The third-order valence-electron chi connectivity index (χ3n) is 0.482. The Balaban J connectivity index is 2.58. The van der Waals surface area contributed by atoms with Crippen LogP contribution in [0.25, 0.3) is 0 Å². The fourth-order valence-corrected chi connectivity index (χ4v) is 0.240. The highest BCUT2D eigenvalue weighted by Gasteiger charge is 1.89. The van der Waals surface area contributed by atoms with Crippen LogP contribution in [-0.2, 0) is 4.84 Å². The van der Waals surface area contributed by atoms with Crippen molar-refractivity contribution in [3.05, 3.63) is 12.0 Å². The van der Waals surface area contributed by atoms with Gasteiger partial charge in [-0.15, -0.1) is 10.7 Å². The molecule has 0 spiro atoms. The zero-order valence-electron chi connectivity index (χ0n) is 3.46. The molecule has 0 bridgehead atoms. The highest BCUT2D eigenvalue weighted by Crippen LogP contribution is 1.86. The summed E-state index contributed by atoms with van der Waals surface area (Å²) in [5.74, 6) is 0.0127. The van der Waals surface area contributed by atoms with E-state index in [1.807, 2.05) is 0 Å². The molecule has 0 aromatic rings. The van der Waals surface area contributed by atoms with E-state index in [1.165, 1.54) is 6.21 Å². The van der Waals surface area contributed by atoms with E-state index in [4.69, 9.17) is 5.11 Å². The van der Waals surface area contributed by atoms with Gasteiger partial charge >= 0.3 is 0 Å². The van der Waals surface area contributed by atoms with Crippen LogP contribution < -0.4 is 5.59 Å². The Labute approximate surface area is 40.1 Å². The number of rotatable bonds is 0. The molecule has 0 saturated carbocycles. The van der Waals surface area contributed by atoms with Crippen LogP contribution >= 0.6 is 0 Å². The maximum atomic E-state index is 8.46. The Kier molecular flexibility index (Phi) is 0.856. The molecule has 0 fully saturated rings. The second-order valence-electron chi connectivity index (χ2n) is 1.01. The summed E-state index contributed by atoms with van der Waals surface area (Å²) in [4.78, 5) is 4.32. The summed E-state index contributed by atoms with van der Waals surface area (Å²) in [6.07, 6.45) is 2.39. The van der Waals surface area contributed by atoms with Crippen LogP contribution in [0.15, 0.2) is 17.1 Å². The smallest absolute Gasteiger partial charge is 0.174 e. The molecule has 0 aromatic heterocycles. The summed E-state index contributed by atoms with van der Waals surface area (Å²) in [7, 11) is 0. The molecule has 4 heteroatoms. The summed E-state index contributed by atoms with van der Waals surface area (Å²) in [6, 6.07) is 0. The monoisotopic (exact) mass is 100 g/mol. The lowest BCUT2D eigenvalue weighted by Crippen LogP contribution is -2.07. The van der Waals surface area contributed by atoms with E-state index in [2.05, 4.69) is 15.5 Å². The van der Waals surface area contributed by atoms with Crippen LogP contribution in [0.4, 0.5) is 0 Å². The largest absolute Gasteiger partial charge is 0.503 e. The number of nitrogens with one attached hydrogen (secondary N) is 1. The summed E-state index contributed by atoms with van der Waals surface area (Å²) >= 11 is 0. The maximum Gasteiger partial charge on any atom is 0.174 e. The number of allylic oxidation sites excluding steroid dienone is 1. The maximum absolute atomic E-state index is 8.46. The first-order valence-electron chi connectivity index (χ1n) is 1.72. The van der Waals surface area contributed by atoms with Crippen LogP contribution in [0.3, 0.4) is 0 Å². The zero-order chi connectivity index (χ0) is 5.11. The predicted octanol–water partition coefficient (Wildman–Crippen LogP) is -0.0936. The fourth-order valence-electron chi connectivity index (χ4n) is 0.240. The first-order valence-corrected chi connectivity index (χ1v) is 1.72. The minimum Gasteiger partial charge on any atom is -0.503 e.